The first-order chi connectivity index (χ1) is 17.3. The highest BCUT2D eigenvalue weighted by atomic mass is 32.2. The molecule has 0 spiro atoms. The lowest BCUT2D eigenvalue weighted by atomic mass is 10.0. The van der Waals surface area contributed by atoms with Crippen molar-refractivity contribution in [3.8, 4) is 5.75 Å². The van der Waals surface area contributed by atoms with Crippen LogP contribution in [0.2, 0.25) is 0 Å². The van der Waals surface area contributed by atoms with E-state index in [2.05, 4.69) is 10.6 Å². The molecular formula is C27H31N3O5S. The highest BCUT2D eigenvalue weighted by Gasteiger charge is 2.31. The van der Waals surface area contributed by atoms with E-state index in [9.17, 15) is 18.0 Å². The van der Waals surface area contributed by atoms with Gasteiger partial charge < -0.3 is 15.4 Å². The van der Waals surface area contributed by atoms with Crippen LogP contribution in [-0.2, 0) is 26.0 Å². The molecule has 8 nitrogen and oxygen atoms in total. The third-order valence-electron chi connectivity index (χ3n) is 6.45. The fourth-order valence-corrected chi connectivity index (χ4v) is 5.98. The van der Waals surface area contributed by atoms with E-state index < -0.39 is 16.1 Å². The molecule has 3 aromatic rings. The van der Waals surface area contributed by atoms with E-state index in [0.29, 0.717) is 38.1 Å². The second-order valence-electron chi connectivity index (χ2n) is 9.00. The lowest BCUT2D eigenvalue weighted by molar-refractivity contribution is -0.128. The summed E-state index contributed by atoms with van der Waals surface area (Å²) < 4.78 is 33.1. The van der Waals surface area contributed by atoms with Crippen molar-refractivity contribution in [1.82, 2.24) is 14.9 Å². The number of carbonyl (C=O) groups is 2. The number of sulfonamides is 1. The van der Waals surface area contributed by atoms with Crippen LogP contribution < -0.4 is 15.4 Å². The second-order valence-corrected chi connectivity index (χ2v) is 10.9. The van der Waals surface area contributed by atoms with Gasteiger partial charge in [-0.05, 0) is 53.4 Å². The number of fused-ring (bicyclic) bond motifs is 1. The second kappa shape index (κ2) is 11.1. The molecule has 1 saturated heterocycles. The summed E-state index contributed by atoms with van der Waals surface area (Å²) in [4.78, 5) is 25.0. The van der Waals surface area contributed by atoms with Crippen molar-refractivity contribution in [1.29, 1.82) is 0 Å². The smallest absolute Gasteiger partial charge is 0.243 e. The van der Waals surface area contributed by atoms with Gasteiger partial charge in [-0.1, -0.05) is 42.5 Å². The van der Waals surface area contributed by atoms with Crippen LogP contribution >= 0.6 is 0 Å². The number of hydrogen-bond donors (Lipinski definition) is 2. The molecule has 36 heavy (non-hydrogen) atoms. The maximum Gasteiger partial charge on any atom is 0.243 e. The van der Waals surface area contributed by atoms with Gasteiger partial charge in [0, 0.05) is 32.5 Å². The number of benzene rings is 3. The largest absolute Gasteiger partial charge is 0.497 e. The third kappa shape index (κ3) is 6.03. The van der Waals surface area contributed by atoms with Crippen LogP contribution in [0.15, 0.2) is 71.6 Å². The average Bonchev–Trinajstić information content (AvgIpc) is 2.88. The summed E-state index contributed by atoms with van der Waals surface area (Å²) in [6.07, 6.45) is 1.33. The van der Waals surface area contributed by atoms with Gasteiger partial charge in [0.25, 0.3) is 0 Å². The number of amides is 2. The van der Waals surface area contributed by atoms with E-state index >= 15 is 0 Å². The molecule has 0 aromatic heterocycles. The molecule has 190 valence electrons. The van der Waals surface area contributed by atoms with Crippen molar-refractivity contribution in [2.24, 2.45) is 0 Å². The molecule has 4 rings (SSSR count). The van der Waals surface area contributed by atoms with Gasteiger partial charge in [-0.3, -0.25) is 9.59 Å². The molecule has 0 aliphatic carbocycles. The highest BCUT2D eigenvalue weighted by molar-refractivity contribution is 7.89. The van der Waals surface area contributed by atoms with Crippen LogP contribution in [0.4, 0.5) is 0 Å². The van der Waals surface area contributed by atoms with Crippen molar-refractivity contribution >= 4 is 32.6 Å². The van der Waals surface area contributed by atoms with Crippen molar-refractivity contribution in [3.05, 3.63) is 72.3 Å². The Labute approximate surface area is 211 Å². The molecule has 0 unspecified atom stereocenters. The van der Waals surface area contributed by atoms with Crippen LogP contribution in [0, 0.1) is 0 Å². The van der Waals surface area contributed by atoms with E-state index in [1.807, 2.05) is 54.6 Å². The van der Waals surface area contributed by atoms with Gasteiger partial charge in [-0.15, -0.1) is 0 Å². The van der Waals surface area contributed by atoms with Crippen LogP contribution in [0.3, 0.4) is 0 Å². The van der Waals surface area contributed by atoms with Crippen molar-refractivity contribution in [2.45, 2.75) is 43.2 Å². The molecule has 1 fully saturated rings. The van der Waals surface area contributed by atoms with E-state index in [4.69, 9.17) is 4.74 Å². The van der Waals surface area contributed by atoms with Gasteiger partial charge in [-0.2, -0.15) is 4.31 Å². The molecule has 1 atom stereocenters. The van der Waals surface area contributed by atoms with E-state index in [0.717, 1.165) is 16.3 Å². The molecular weight excluding hydrogens is 478 g/mol. The molecule has 1 aliphatic heterocycles. The third-order valence-corrected chi connectivity index (χ3v) is 8.35. The van der Waals surface area contributed by atoms with E-state index in [1.165, 1.54) is 11.2 Å². The number of methoxy groups -OCH3 is 1. The summed E-state index contributed by atoms with van der Waals surface area (Å²) in [5.74, 6) is 0.140. The maximum atomic E-state index is 13.2. The number of carbonyl (C=O) groups excluding carboxylic acids is 2. The minimum atomic E-state index is -3.63. The highest BCUT2D eigenvalue weighted by Crippen LogP contribution is 2.24. The normalized spacial score (nSPS) is 15.8. The quantitative estimate of drug-likeness (QED) is 0.486. The SMILES string of the molecule is COc1ccc(C[C@H](NC(C)=O)C(=O)NC2CCN(S(=O)(=O)c3ccc4ccccc4c3)CC2)cc1. The molecule has 1 aliphatic rings. The Morgan fingerprint density at radius 1 is 1.00 bits per heavy atom. The first kappa shape index (κ1) is 25.7. The van der Waals surface area contributed by atoms with Crippen molar-refractivity contribution in [3.63, 3.8) is 0 Å². The Hall–Kier alpha value is -3.43. The van der Waals surface area contributed by atoms with Crippen LogP contribution in [0.1, 0.15) is 25.3 Å². The van der Waals surface area contributed by atoms with Crippen molar-refractivity contribution < 1.29 is 22.7 Å². The Kier molecular flexibility index (Phi) is 7.91. The van der Waals surface area contributed by atoms with Crippen molar-refractivity contribution in [2.75, 3.05) is 20.2 Å². The molecule has 3 aromatic carbocycles. The summed E-state index contributed by atoms with van der Waals surface area (Å²) >= 11 is 0. The fourth-order valence-electron chi connectivity index (χ4n) is 4.47. The zero-order valence-corrected chi connectivity index (χ0v) is 21.3. The number of ether oxygens (including phenoxy) is 1. The molecule has 2 amide bonds. The zero-order valence-electron chi connectivity index (χ0n) is 20.4. The molecule has 1 heterocycles. The standard InChI is InChI=1S/C27H31N3O5S/c1-19(31)28-26(17-20-7-10-24(35-2)11-8-20)27(32)29-23-13-15-30(16-14-23)36(33,34)25-12-9-21-5-3-4-6-22(21)18-25/h3-12,18,23,26H,13-17H2,1-2H3,(H,28,31)(H,29,32)/t26-/m0/s1. The molecule has 0 radical (unpaired) electrons. The number of piperidine rings is 1. The van der Waals surface area contributed by atoms with E-state index in [1.54, 1.807) is 19.2 Å². The Balaban J connectivity index is 1.37. The van der Waals surface area contributed by atoms with Gasteiger partial charge in [-0.25, -0.2) is 8.42 Å². The molecule has 0 saturated carbocycles. The van der Waals surface area contributed by atoms with Gasteiger partial charge in [0.2, 0.25) is 21.8 Å². The molecule has 9 heteroatoms. The van der Waals surface area contributed by atoms with Gasteiger partial charge >= 0.3 is 0 Å². The number of nitrogens with one attached hydrogen (secondary N) is 2. The number of nitrogens with zero attached hydrogens (tertiary/aromatic N) is 1. The van der Waals surface area contributed by atoms with Crippen LogP contribution in [-0.4, -0.2) is 56.8 Å². The van der Waals surface area contributed by atoms with Crippen LogP contribution in [0.5, 0.6) is 5.75 Å². The summed E-state index contributed by atoms with van der Waals surface area (Å²) in [6, 6.07) is 19.2. The lowest BCUT2D eigenvalue weighted by Gasteiger charge is -2.32. The first-order valence-electron chi connectivity index (χ1n) is 12.0. The molecule has 2 N–H and O–H groups in total. The van der Waals surface area contributed by atoms with Crippen LogP contribution in [0.25, 0.3) is 10.8 Å². The number of rotatable bonds is 8. The predicted molar refractivity (Wildman–Crippen MR) is 138 cm³/mol. The molecule has 0 bridgehead atoms. The topological polar surface area (TPSA) is 105 Å². The predicted octanol–water partition coefficient (Wildman–Crippen LogP) is 2.87. The maximum absolute atomic E-state index is 13.2. The average molecular weight is 510 g/mol. The summed E-state index contributed by atoms with van der Waals surface area (Å²) in [6.45, 7) is 2.00. The van der Waals surface area contributed by atoms with Gasteiger partial charge in [0.05, 0.1) is 12.0 Å². The summed E-state index contributed by atoms with van der Waals surface area (Å²) in [7, 11) is -2.05. The number of hydrogen-bond acceptors (Lipinski definition) is 5. The Morgan fingerprint density at radius 2 is 1.67 bits per heavy atom. The first-order valence-corrected chi connectivity index (χ1v) is 13.4. The Morgan fingerprint density at radius 3 is 2.31 bits per heavy atom. The van der Waals surface area contributed by atoms with Gasteiger partial charge in [0.1, 0.15) is 11.8 Å². The fraction of sp³-hybridized carbons (Fsp3) is 0.333. The Bertz CT molecular complexity index is 1330. The van der Waals surface area contributed by atoms with E-state index in [-0.39, 0.29) is 22.8 Å². The summed E-state index contributed by atoms with van der Waals surface area (Å²) in [5.41, 5.74) is 0.890. The minimum absolute atomic E-state index is 0.173. The minimum Gasteiger partial charge on any atom is -0.497 e. The summed E-state index contributed by atoms with van der Waals surface area (Å²) in [5, 5.41) is 7.59. The monoisotopic (exact) mass is 509 g/mol. The lowest BCUT2D eigenvalue weighted by Crippen LogP contribution is -2.53. The zero-order chi connectivity index (χ0) is 25.7. The van der Waals surface area contributed by atoms with Gasteiger partial charge in [0.15, 0.2) is 0 Å².